The van der Waals surface area contributed by atoms with Crippen molar-refractivity contribution in [3.05, 3.63) is 59.7 Å². The Kier molecular flexibility index (Phi) is 3.90. The molecule has 0 radical (unpaired) electrons. The van der Waals surface area contributed by atoms with Gasteiger partial charge in [-0.2, -0.15) is 0 Å². The predicted octanol–water partition coefficient (Wildman–Crippen LogP) is 1.86. The zero-order chi connectivity index (χ0) is 15.6. The zero-order valence-electron chi connectivity index (χ0n) is 10.5. The minimum Gasteiger partial charge on any atom is -0.366 e. The number of nitrogens with one attached hydrogen (secondary N) is 1. The highest BCUT2D eigenvalue weighted by atomic mass is 32.2. The lowest BCUT2D eigenvalue weighted by Gasteiger charge is -2.11. The first-order chi connectivity index (χ1) is 9.83. The van der Waals surface area contributed by atoms with Crippen LogP contribution in [0.3, 0.4) is 0 Å². The van der Waals surface area contributed by atoms with Crippen LogP contribution in [0.2, 0.25) is 0 Å². The fourth-order valence-corrected chi connectivity index (χ4v) is 2.94. The first-order valence-corrected chi connectivity index (χ1v) is 7.17. The van der Waals surface area contributed by atoms with Crippen LogP contribution in [0.25, 0.3) is 0 Å². The second-order valence-electron chi connectivity index (χ2n) is 4.07. The van der Waals surface area contributed by atoms with Gasteiger partial charge in [-0.1, -0.05) is 18.2 Å². The molecule has 5 nitrogen and oxygen atoms in total. The van der Waals surface area contributed by atoms with Crippen molar-refractivity contribution in [1.29, 1.82) is 0 Å². The largest absolute Gasteiger partial charge is 0.366 e. The van der Waals surface area contributed by atoms with Crippen molar-refractivity contribution in [3.63, 3.8) is 0 Å². The summed E-state index contributed by atoms with van der Waals surface area (Å²) in [7, 11) is -4.54. The maximum absolute atomic E-state index is 13.6. The summed E-state index contributed by atoms with van der Waals surface area (Å²) in [5, 5.41) is 0. The quantitative estimate of drug-likeness (QED) is 0.903. The van der Waals surface area contributed by atoms with Gasteiger partial charge >= 0.3 is 0 Å². The van der Waals surface area contributed by atoms with Crippen molar-refractivity contribution < 1.29 is 22.0 Å². The van der Waals surface area contributed by atoms with E-state index >= 15 is 0 Å². The topological polar surface area (TPSA) is 89.3 Å². The molecule has 0 aromatic heterocycles. The SMILES string of the molecule is NC(=O)c1ccccc1NS(=O)(=O)c1c(F)cccc1F. The molecule has 2 rings (SSSR count). The average Bonchev–Trinajstić information content (AvgIpc) is 2.37. The maximum Gasteiger partial charge on any atom is 0.267 e. The van der Waals surface area contributed by atoms with E-state index in [1.165, 1.54) is 24.3 Å². The summed E-state index contributed by atoms with van der Waals surface area (Å²) >= 11 is 0. The lowest BCUT2D eigenvalue weighted by atomic mass is 10.2. The van der Waals surface area contributed by atoms with Gasteiger partial charge in [0.1, 0.15) is 11.6 Å². The van der Waals surface area contributed by atoms with E-state index < -0.39 is 32.5 Å². The van der Waals surface area contributed by atoms with E-state index in [0.717, 1.165) is 18.2 Å². The Hall–Kier alpha value is -2.48. The van der Waals surface area contributed by atoms with Crippen LogP contribution in [0.4, 0.5) is 14.5 Å². The number of amides is 1. The second kappa shape index (κ2) is 5.49. The third-order valence-corrected chi connectivity index (χ3v) is 4.04. The van der Waals surface area contributed by atoms with Crippen LogP contribution in [-0.2, 0) is 10.0 Å². The summed E-state index contributed by atoms with van der Waals surface area (Å²) < 4.78 is 53.2. The number of primary amides is 1. The molecule has 21 heavy (non-hydrogen) atoms. The van der Waals surface area contributed by atoms with Gasteiger partial charge in [-0.25, -0.2) is 17.2 Å². The van der Waals surface area contributed by atoms with Gasteiger partial charge in [-0.3, -0.25) is 9.52 Å². The summed E-state index contributed by atoms with van der Waals surface area (Å²) in [6.45, 7) is 0. The Balaban J connectivity index is 2.51. The van der Waals surface area contributed by atoms with Crippen LogP contribution in [-0.4, -0.2) is 14.3 Å². The van der Waals surface area contributed by atoms with Crippen molar-refractivity contribution in [2.45, 2.75) is 4.90 Å². The Morgan fingerprint density at radius 3 is 2.14 bits per heavy atom. The molecule has 0 spiro atoms. The fourth-order valence-electron chi connectivity index (χ4n) is 1.72. The Labute approximate surface area is 119 Å². The molecule has 0 bridgehead atoms. The molecule has 0 aliphatic carbocycles. The monoisotopic (exact) mass is 312 g/mol. The summed E-state index contributed by atoms with van der Waals surface area (Å²) in [6, 6.07) is 8.15. The van der Waals surface area contributed by atoms with Crippen molar-refractivity contribution in [3.8, 4) is 0 Å². The number of nitrogens with two attached hydrogens (primary N) is 1. The molecule has 0 fully saturated rings. The van der Waals surface area contributed by atoms with Crippen LogP contribution < -0.4 is 10.5 Å². The van der Waals surface area contributed by atoms with Gasteiger partial charge < -0.3 is 5.73 Å². The number of anilines is 1. The average molecular weight is 312 g/mol. The first-order valence-electron chi connectivity index (χ1n) is 5.68. The van der Waals surface area contributed by atoms with Gasteiger partial charge in [0.25, 0.3) is 15.9 Å². The molecule has 0 heterocycles. The molecule has 0 aliphatic heterocycles. The number of carbonyl (C=O) groups is 1. The molecule has 0 saturated heterocycles. The third kappa shape index (κ3) is 3.00. The molecule has 0 atom stereocenters. The fraction of sp³-hybridized carbons (Fsp3) is 0. The Bertz CT molecular complexity index is 787. The van der Waals surface area contributed by atoms with Gasteiger partial charge in [0.2, 0.25) is 0 Å². The predicted molar refractivity (Wildman–Crippen MR) is 72.1 cm³/mol. The zero-order valence-corrected chi connectivity index (χ0v) is 11.3. The maximum atomic E-state index is 13.6. The number of rotatable bonds is 4. The van der Waals surface area contributed by atoms with Crippen LogP contribution in [0, 0.1) is 11.6 Å². The molecule has 0 saturated carbocycles. The van der Waals surface area contributed by atoms with Crippen LogP contribution in [0.1, 0.15) is 10.4 Å². The molecular weight excluding hydrogens is 302 g/mol. The van der Waals surface area contributed by atoms with E-state index in [9.17, 15) is 22.0 Å². The van der Waals surface area contributed by atoms with E-state index in [-0.39, 0.29) is 11.3 Å². The number of benzene rings is 2. The lowest BCUT2D eigenvalue weighted by Crippen LogP contribution is -2.20. The van der Waals surface area contributed by atoms with Crippen molar-refractivity contribution in [1.82, 2.24) is 0 Å². The van der Waals surface area contributed by atoms with Crippen molar-refractivity contribution in [2.24, 2.45) is 5.73 Å². The minimum atomic E-state index is -4.54. The number of halogens is 2. The molecule has 0 unspecified atom stereocenters. The molecule has 8 heteroatoms. The number of hydrogen-bond donors (Lipinski definition) is 2. The highest BCUT2D eigenvalue weighted by molar-refractivity contribution is 7.92. The van der Waals surface area contributed by atoms with Crippen LogP contribution in [0.15, 0.2) is 47.4 Å². The summed E-state index contributed by atoms with van der Waals surface area (Å²) in [5.74, 6) is -3.35. The summed E-state index contributed by atoms with van der Waals surface area (Å²) in [6.07, 6.45) is 0. The van der Waals surface area contributed by atoms with Gasteiger partial charge in [0.05, 0.1) is 11.3 Å². The van der Waals surface area contributed by atoms with Crippen LogP contribution in [0.5, 0.6) is 0 Å². The third-order valence-electron chi connectivity index (χ3n) is 2.62. The molecular formula is C13H10F2N2O3S. The normalized spacial score (nSPS) is 11.1. The molecule has 110 valence electrons. The number of sulfonamides is 1. The molecule has 2 aromatic rings. The summed E-state index contributed by atoms with van der Waals surface area (Å²) in [5.41, 5.74) is 4.84. The number of para-hydroxylation sites is 1. The van der Waals surface area contributed by atoms with Crippen molar-refractivity contribution in [2.75, 3.05) is 4.72 Å². The van der Waals surface area contributed by atoms with Gasteiger partial charge in [0.15, 0.2) is 4.90 Å². The standard InChI is InChI=1S/C13H10F2N2O3S/c14-9-5-3-6-10(15)12(9)21(19,20)17-11-7-2-1-4-8(11)13(16)18/h1-7,17H,(H2,16,18). The Morgan fingerprint density at radius 2 is 1.57 bits per heavy atom. The smallest absolute Gasteiger partial charge is 0.267 e. The van der Waals surface area contributed by atoms with E-state index in [4.69, 9.17) is 5.73 Å². The van der Waals surface area contributed by atoms with Gasteiger partial charge in [-0.05, 0) is 24.3 Å². The van der Waals surface area contributed by atoms with E-state index in [1.54, 1.807) is 0 Å². The number of carbonyl (C=O) groups excluding carboxylic acids is 1. The van der Waals surface area contributed by atoms with Crippen molar-refractivity contribution >= 4 is 21.6 Å². The molecule has 3 N–H and O–H groups in total. The van der Waals surface area contributed by atoms with E-state index in [1.807, 2.05) is 4.72 Å². The number of hydrogen-bond acceptors (Lipinski definition) is 3. The van der Waals surface area contributed by atoms with E-state index in [2.05, 4.69) is 0 Å². The van der Waals surface area contributed by atoms with E-state index in [0.29, 0.717) is 0 Å². The highest BCUT2D eigenvalue weighted by Gasteiger charge is 2.25. The molecule has 0 aliphatic rings. The lowest BCUT2D eigenvalue weighted by molar-refractivity contribution is 0.100. The van der Waals surface area contributed by atoms with Gasteiger partial charge in [-0.15, -0.1) is 0 Å². The molecule has 2 aromatic carbocycles. The minimum absolute atomic E-state index is 0.113. The molecule has 1 amide bonds. The summed E-state index contributed by atoms with van der Waals surface area (Å²) in [4.78, 5) is 10.1. The second-order valence-corrected chi connectivity index (χ2v) is 5.69. The highest BCUT2D eigenvalue weighted by Crippen LogP contribution is 2.23. The van der Waals surface area contributed by atoms with Crippen LogP contribution >= 0.6 is 0 Å². The van der Waals surface area contributed by atoms with Gasteiger partial charge in [0, 0.05) is 0 Å². The Morgan fingerprint density at radius 1 is 1.00 bits per heavy atom. The first kappa shape index (κ1) is 14.9.